The van der Waals surface area contributed by atoms with Crippen molar-refractivity contribution < 1.29 is 23.1 Å². The first-order valence-corrected chi connectivity index (χ1v) is 8.41. The molecule has 0 saturated carbocycles. The number of alkyl halides is 3. The Kier molecular flexibility index (Phi) is 4.79. The highest BCUT2D eigenvalue weighted by Gasteiger charge is 2.33. The van der Waals surface area contributed by atoms with Crippen molar-refractivity contribution in [1.29, 1.82) is 0 Å². The number of carbonyl (C=O) groups excluding carboxylic acids is 1. The summed E-state index contributed by atoms with van der Waals surface area (Å²) in [5.74, 6) is -0.148. The quantitative estimate of drug-likeness (QED) is 0.886. The van der Waals surface area contributed by atoms with Gasteiger partial charge in [-0.2, -0.15) is 18.3 Å². The normalized spacial score (nSPS) is 21.5. The minimum atomic E-state index is -4.49. The van der Waals surface area contributed by atoms with E-state index in [2.05, 4.69) is 5.10 Å². The fourth-order valence-corrected chi connectivity index (χ4v) is 3.02. The van der Waals surface area contributed by atoms with Crippen molar-refractivity contribution in [3.05, 3.63) is 47.8 Å². The molecule has 1 aliphatic rings. The largest absolute Gasteiger partial charge is 0.435 e. The Morgan fingerprint density at radius 1 is 1.15 bits per heavy atom. The number of likely N-dealkylation sites (tertiary alicyclic amines) is 1. The summed E-state index contributed by atoms with van der Waals surface area (Å²) in [5.41, 5.74) is -0.821. The molecule has 2 aromatic rings. The molecule has 0 radical (unpaired) electrons. The summed E-state index contributed by atoms with van der Waals surface area (Å²) in [6.07, 6.45) is -1.36. The minimum Gasteiger partial charge on any atom is -0.390 e. The average Bonchev–Trinajstić information content (AvgIpc) is 3.01. The number of benzene rings is 1. The maximum absolute atomic E-state index is 12.6. The van der Waals surface area contributed by atoms with Gasteiger partial charge >= 0.3 is 6.18 Å². The molecule has 1 amide bonds. The maximum atomic E-state index is 12.6. The second-order valence-electron chi connectivity index (χ2n) is 6.83. The third-order valence-electron chi connectivity index (χ3n) is 4.61. The lowest BCUT2D eigenvalue weighted by atomic mass is 9.98. The zero-order chi connectivity index (χ0) is 18.9. The molecule has 140 valence electrons. The van der Waals surface area contributed by atoms with Gasteiger partial charge in [0.2, 0.25) is 0 Å². The summed E-state index contributed by atoms with van der Waals surface area (Å²) in [6, 6.07) is 7.19. The number of aromatic nitrogens is 2. The molecule has 0 spiro atoms. The van der Waals surface area contributed by atoms with Crippen LogP contribution in [0.1, 0.15) is 42.2 Å². The number of hydrogen-bond acceptors (Lipinski definition) is 3. The van der Waals surface area contributed by atoms with Crippen LogP contribution in [0.2, 0.25) is 0 Å². The Hall–Kier alpha value is -2.35. The Morgan fingerprint density at radius 2 is 1.85 bits per heavy atom. The molecule has 1 aliphatic heterocycles. The Morgan fingerprint density at radius 3 is 2.46 bits per heavy atom. The third kappa shape index (κ3) is 4.07. The van der Waals surface area contributed by atoms with E-state index >= 15 is 0 Å². The van der Waals surface area contributed by atoms with Crippen molar-refractivity contribution >= 4 is 5.91 Å². The van der Waals surface area contributed by atoms with Crippen LogP contribution in [0.4, 0.5) is 13.2 Å². The fraction of sp³-hybridized carbons (Fsp3) is 0.444. The van der Waals surface area contributed by atoms with Crippen LogP contribution >= 0.6 is 0 Å². The highest BCUT2D eigenvalue weighted by atomic mass is 19.4. The standard InChI is InChI=1S/C18H20F3N3O2/c1-17(26)8-2-10-23(12-9-17)16(25)13-3-5-14(6-4-13)24-11-7-15(22-24)18(19,20)21/h3-7,11,26H,2,8-10,12H2,1H3. The topological polar surface area (TPSA) is 58.4 Å². The van der Waals surface area contributed by atoms with Crippen molar-refractivity contribution in [2.24, 2.45) is 0 Å². The number of carbonyl (C=O) groups is 1. The molecule has 3 rings (SSSR count). The molecule has 1 aromatic heterocycles. The summed E-state index contributed by atoms with van der Waals surface area (Å²) in [4.78, 5) is 14.3. The van der Waals surface area contributed by atoms with Crippen LogP contribution in [0, 0.1) is 0 Å². The third-order valence-corrected chi connectivity index (χ3v) is 4.61. The summed E-state index contributed by atoms with van der Waals surface area (Å²) in [6.45, 7) is 2.82. The Balaban J connectivity index is 1.73. The molecule has 1 unspecified atom stereocenters. The predicted molar refractivity (Wildman–Crippen MR) is 88.9 cm³/mol. The van der Waals surface area contributed by atoms with E-state index in [0.29, 0.717) is 37.2 Å². The molecule has 26 heavy (non-hydrogen) atoms. The lowest BCUT2D eigenvalue weighted by molar-refractivity contribution is -0.141. The van der Waals surface area contributed by atoms with E-state index < -0.39 is 17.5 Å². The minimum absolute atomic E-state index is 0.148. The van der Waals surface area contributed by atoms with E-state index in [1.165, 1.54) is 6.20 Å². The van der Waals surface area contributed by atoms with Crippen LogP contribution in [0.5, 0.6) is 0 Å². The zero-order valence-corrected chi connectivity index (χ0v) is 14.3. The van der Waals surface area contributed by atoms with Crippen LogP contribution in [0.25, 0.3) is 5.69 Å². The molecule has 0 aliphatic carbocycles. The summed E-state index contributed by atoms with van der Waals surface area (Å²) < 4.78 is 39.0. The van der Waals surface area contributed by atoms with Gasteiger partial charge in [0.1, 0.15) is 0 Å². The van der Waals surface area contributed by atoms with E-state index in [4.69, 9.17) is 0 Å². The first-order chi connectivity index (χ1) is 12.2. The van der Waals surface area contributed by atoms with Gasteiger partial charge in [-0.05, 0) is 56.5 Å². The van der Waals surface area contributed by atoms with E-state index in [0.717, 1.165) is 17.2 Å². The SMILES string of the molecule is CC1(O)CCCN(C(=O)c2ccc(-n3ccc(C(F)(F)F)n3)cc2)CC1. The number of halogens is 3. The van der Waals surface area contributed by atoms with Gasteiger partial charge in [0.25, 0.3) is 5.91 Å². The molecule has 2 heterocycles. The van der Waals surface area contributed by atoms with Crippen LogP contribution in [0.3, 0.4) is 0 Å². The van der Waals surface area contributed by atoms with Gasteiger partial charge in [0.15, 0.2) is 5.69 Å². The summed E-state index contributed by atoms with van der Waals surface area (Å²) in [5, 5.41) is 13.6. The molecule has 5 nitrogen and oxygen atoms in total. The molecule has 0 bridgehead atoms. The van der Waals surface area contributed by atoms with Gasteiger partial charge in [0.05, 0.1) is 11.3 Å². The number of rotatable bonds is 2. The van der Waals surface area contributed by atoms with Gasteiger partial charge in [-0.1, -0.05) is 0 Å². The van der Waals surface area contributed by atoms with E-state index in [9.17, 15) is 23.1 Å². The van der Waals surface area contributed by atoms with Crippen LogP contribution < -0.4 is 0 Å². The first kappa shape index (κ1) is 18.4. The number of hydrogen-bond donors (Lipinski definition) is 1. The van der Waals surface area contributed by atoms with Crippen LogP contribution in [0.15, 0.2) is 36.5 Å². The van der Waals surface area contributed by atoms with Gasteiger partial charge in [-0.25, -0.2) is 4.68 Å². The summed E-state index contributed by atoms with van der Waals surface area (Å²) in [7, 11) is 0. The fourth-order valence-electron chi connectivity index (χ4n) is 3.02. The van der Waals surface area contributed by atoms with Crippen molar-refractivity contribution in [1.82, 2.24) is 14.7 Å². The molecule has 1 atom stereocenters. The highest BCUT2D eigenvalue weighted by molar-refractivity contribution is 5.94. The highest BCUT2D eigenvalue weighted by Crippen LogP contribution is 2.28. The Labute approximate surface area is 149 Å². The van der Waals surface area contributed by atoms with Gasteiger partial charge < -0.3 is 10.0 Å². The van der Waals surface area contributed by atoms with Crippen molar-refractivity contribution in [3.8, 4) is 5.69 Å². The maximum Gasteiger partial charge on any atom is 0.435 e. The first-order valence-electron chi connectivity index (χ1n) is 8.41. The smallest absolute Gasteiger partial charge is 0.390 e. The lowest BCUT2D eigenvalue weighted by Crippen LogP contribution is -2.33. The van der Waals surface area contributed by atoms with Crippen LogP contribution in [-0.4, -0.2) is 44.4 Å². The molecular formula is C18H20F3N3O2. The van der Waals surface area contributed by atoms with Crippen LogP contribution in [-0.2, 0) is 6.18 Å². The molecule has 8 heteroatoms. The zero-order valence-electron chi connectivity index (χ0n) is 14.3. The van der Waals surface area contributed by atoms with E-state index in [1.54, 1.807) is 36.1 Å². The Bertz CT molecular complexity index is 782. The average molecular weight is 367 g/mol. The van der Waals surface area contributed by atoms with E-state index in [1.807, 2.05) is 0 Å². The molecule has 1 fully saturated rings. The van der Waals surface area contributed by atoms with E-state index in [-0.39, 0.29) is 5.91 Å². The second-order valence-corrected chi connectivity index (χ2v) is 6.83. The predicted octanol–water partition coefficient (Wildman–Crippen LogP) is 3.27. The second kappa shape index (κ2) is 6.75. The number of aliphatic hydroxyl groups is 1. The molecule has 1 saturated heterocycles. The number of amides is 1. The van der Waals surface area contributed by atoms with Gasteiger partial charge in [-0.3, -0.25) is 4.79 Å². The van der Waals surface area contributed by atoms with Crippen molar-refractivity contribution in [2.45, 2.75) is 38.0 Å². The summed E-state index contributed by atoms with van der Waals surface area (Å²) >= 11 is 0. The lowest BCUT2D eigenvalue weighted by Gasteiger charge is -2.22. The molecular weight excluding hydrogens is 347 g/mol. The molecule has 1 N–H and O–H groups in total. The van der Waals surface area contributed by atoms with Crippen molar-refractivity contribution in [2.75, 3.05) is 13.1 Å². The van der Waals surface area contributed by atoms with Gasteiger partial charge in [0, 0.05) is 24.8 Å². The molecule has 1 aromatic carbocycles. The van der Waals surface area contributed by atoms with Crippen molar-refractivity contribution in [3.63, 3.8) is 0 Å². The number of nitrogens with zero attached hydrogens (tertiary/aromatic N) is 3. The monoisotopic (exact) mass is 367 g/mol. The van der Waals surface area contributed by atoms with Gasteiger partial charge in [-0.15, -0.1) is 0 Å².